The third kappa shape index (κ3) is 6.47. The predicted octanol–water partition coefficient (Wildman–Crippen LogP) is 1.33. The lowest BCUT2D eigenvalue weighted by Gasteiger charge is -2.12. The van der Waals surface area contributed by atoms with Gasteiger partial charge in [-0.15, -0.1) is 0 Å². The molecule has 0 saturated carbocycles. The van der Waals surface area contributed by atoms with Crippen molar-refractivity contribution < 1.29 is 18.0 Å². The van der Waals surface area contributed by atoms with Gasteiger partial charge in [0.2, 0.25) is 15.9 Å². The summed E-state index contributed by atoms with van der Waals surface area (Å²) in [5, 5.41) is 5.48. The molecule has 0 spiro atoms. The highest BCUT2D eigenvalue weighted by atomic mass is 32.2. The molecule has 1 aromatic rings. The molecular weight excluding hydrogens is 342 g/mol. The monoisotopic (exact) mass is 369 g/mol. The summed E-state index contributed by atoms with van der Waals surface area (Å²) in [5.41, 5.74) is 0.943. The van der Waals surface area contributed by atoms with Crippen molar-refractivity contribution in [2.75, 3.05) is 13.1 Å². The third-order valence-electron chi connectivity index (χ3n) is 3.76. The van der Waals surface area contributed by atoms with E-state index in [-0.39, 0.29) is 41.9 Å². The van der Waals surface area contributed by atoms with E-state index in [1.165, 1.54) is 12.1 Å². The molecule has 1 atom stereocenters. The van der Waals surface area contributed by atoms with Gasteiger partial charge in [-0.1, -0.05) is 19.9 Å². The van der Waals surface area contributed by atoms with Crippen molar-refractivity contribution in [2.24, 2.45) is 0 Å². The number of hydrogen-bond acceptors (Lipinski definition) is 4. The van der Waals surface area contributed by atoms with Gasteiger partial charge in [0.25, 0.3) is 5.91 Å². The third-order valence-corrected chi connectivity index (χ3v) is 5.30. The number of rotatable bonds is 9. The van der Waals surface area contributed by atoms with E-state index in [1.807, 2.05) is 13.8 Å². The maximum absolute atomic E-state index is 12.3. The first-order chi connectivity index (χ1) is 11.7. The van der Waals surface area contributed by atoms with Crippen molar-refractivity contribution in [3.63, 3.8) is 0 Å². The van der Waals surface area contributed by atoms with E-state index in [0.29, 0.717) is 5.56 Å². The predicted molar refractivity (Wildman–Crippen MR) is 96.9 cm³/mol. The van der Waals surface area contributed by atoms with E-state index >= 15 is 0 Å². The Morgan fingerprint density at radius 1 is 1.20 bits per heavy atom. The lowest BCUT2D eigenvalue weighted by molar-refractivity contribution is -0.121. The van der Waals surface area contributed by atoms with Crippen LogP contribution in [0.5, 0.6) is 0 Å². The molecule has 1 aromatic carbocycles. The molecular formula is C17H27N3O4S. The Kier molecular flexibility index (Phi) is 8.05. The Balaban J connectivity index is 2.74. The minimum absolute atomic E-state index is 0.0413. The fourth-order valence-corrected chi connectivity index (χ4v) is 3.19. The summed E-state index contributed by atoms with van der Waals surface area (Å²) in [7, 11) is -3.63. The number of carbonyl (C=O) groups excluding carboxylic acids is 2. The van der Waals surface area contributed by atoms with Crippen molar-refractivity contribution in [2.45, 2.75) is 51.5 Å². The second-order valence-electron chi connectivity index (χ2n) is 5.86. The summed E-state index contributed by atoms with van der Waals surface area (Å²) in [6, 6.07) is 4.50. The largest absolute Gasteiger partial charge is 0.354 e. The van der Waals surface area contributed by atoms with Gasteiger partial charge in [0.1, 0.15) is 0 Å². The molecule has 0 aliphatic rings. The van der Waals surface area contributed by atoms with Gasteiger partial charge < -0.3 is 10.6 Å². The zero-order valence-electron chi connectivity index (χ0n) is 15.2. The van der Waals surface area contributed by atoms with E-state index in [4.69, 9.17) is 0 Å². The van der Waals surface area contributed by atoms with Crippen LogP contribution in [0.4, 0.5) is 0 Å². The highest BCUT2D eigenvalue weighted by Crippen LogP contribution is 2.15. The summed E-state index contributed by atoms with van der Waals surface area (Å²) in [4.78, 5) is 24.1. The van der Waals surface area contributed by atoms with E-state index < -0.39 is 15.9 Å². The van der Waals surface area contributed by atoms with E-state index in [9.17, 15) is 18.0 Å². The van der Waals surface area contributed by atoms with Gasteiger partial charge in [0.15, 0.2) is 0 Å². The lowest BCUT2D eigenvalue weighted by Crippen LogP contribution is -2.35. The standard InChI is InChI=1S/C17H27N3O4S/c1-5-13(4)20-16(21)9-10-18-17(22)15-11-14(8-7-12(15)3)25(23,24)19-6-2/h7-8,11,13,19H,5-6,9-10H2,1-4H3,(H,18,22)(H,20,21)/t13-/m0/s1. The maximum atomic E-state index is 12.3. The molecule has 7 nitrogen and oxygen atoms in total. The van der Waals surface area contributed by atoms with Crippen LogP contribution < -0.4 is 15.4 Å². The molecule has 8 heteroatoms. The first-order valence-corrected chi connectivity index (χ1v) is 9.87. The van der Waals surface area contributed by atoms with E-state index in [2.05, 4.69) is 15.4 Å². The number of nitrogens with one attached hydrogen (secondary N) is 3. The minimum Gasteiger partial charge on any atom is -0.354 e. The number of sulfonamides is 1. The Morgan fingerprint density at radius 3 is 2.48 bits per heavy atom. The summed E-state index contributed by atoms with van der Waals surface area (Å²) in [6.45, 7) is 7.76. The molecule has 3 N–H and O–H groups in total. The molecule has 0 heterocycles. The van der Waals surface area contributed by atoms with Crippen LogP contribution in [-0.2, 0) is 14.8 Å². The van der Waals surface area contributed by atoms with Crippen LogP contribution in [0.2, 0.25) is 0 Å². The minimum atomic E-state index is -3.63. The van der Waals surface area contributed by atoms with E-state index in [0.717, 1.165) is 6.42 Å². The van der Waals surface area contributed by atoms with Crippen LogP contribution in [-0.4, -0.2) is 39.4 Å². The quantitative estimate of drug-likeness (QED) is 0.611. The first-order valence-electron chi connectivity index (χ1n) is 8.39. The second-order valence-corrected chi connectivity index (χ2v) is 7.63. The van der Waals surface area contributed by atoms with Gasteiger partial charge in [0, 0.05) is 31.1 Å². The Labute approximate surface area is 149 Å². The van der Waals surface area contributed by atoms with E-state index in [1.54, 1.807) is 19.9 Å². The number of benzene rings is 1. The molecule has 0 fully saturated rings. The van der Waals surface area contributed by atoms with Crippen LogP contribution in [0.15, 0.2) is 23.1 Å². The lowest BCUT2D eigenvalue weighted by atomic mass is 10.1. The Hall–Kier alpha value is -1.93. The summed E-state index contributed by atoms with van der Waals surface area (Å²) >= 11 is 0. The molecule has 25 heavy (non-hydrogen) atoms. The molecule has 0 aliphatic carbocycles. The summed E-state index contributed by atoms with van der Waals surface area (Å²) in [6.07, 6.45) is 1.01. The first kappa shape index (κ1) is 21.1. The van der Waals surface area contributed by atoms with Gasteiger partial charge in [-0.2, -0.15) is 0 Å². The van der Waals surface area contributed by atoms with Crippen molar-refractivity contribution in [1.82, 2.24) is 15.4 Å². The van der Waals surface area contributed by atoms with Crippen molar-refractivity contribution in [1.29, 1.82) is 0 Å². The van der Waals surface area contributed by atoms with Crippen LogP contribution in [0.3, 0.4) is 0 Å². The summed E-state index contributed by atoms with van der Waals surface area (Å²) in [5.74, 6) is -0.530. The fourth-order valence-electron chi connectivity index (χ4n) is 2.12. The topological polar surface area (TPSA) is 104 Å². The van der Waals surface area contributed by atoms with Crippen LogP contribution in [0, 0.1) is 6.92 Å². The smallest absolute Gasteiger partial charge is 0.251 e. The molecule has 0 radical (unpaired) electrons. The molecule has 140 valence electrons. The average molecular weight is 369 g/mol. The zero-order chi connectivity index (χ0) is 19.0. The maximum Gasteiger partial charge on any atom is 0.251 e. The zero-order valence-corrected chi connectivity index (χ0v) is 16.0. The fraction of sp³-hybridized carbons (Fsp3) is 0.529. The summed E-state index contributed by atoms with van der Waals surface area (Å²) < 4.78 is 26.5. The van der Waals surface area contributed by atoms with Gasteiger partial charge in [-0.3, -0.25) is 9.59 Å². The molecule has 0 bridgehead atoms. The number of aryl methyl sites for hydroxylation is 1. The second kappa shape index (κ2) is 9.53. The molecule has 0 aliphatic heterocycles. The van der Waals surface area contributed by atoms with Crippen LogP contribution >= 0.6 is 0 Å². The molecule has 0 saturated heterocycles. The molecule has 0 unspecified atom stereocenters. The Bertz CT molecular complexity index is 717. The average Bonchev–Trinajstić information content (AvgIpc) is 2.54. The number of carbonyl (C=O) groups is 2. The van der Waals surface area contributed by atoms with Gasteiger partial charge in [-0.05, 0) is 38.0 Å². The number of hydrogen-bond donors (Lipinski definition) is 3. The molecule has 1 rings (SSSR count). The van der Waals surface area contributed by atoms with Crippen LogP contribution in [0.25, 0.3) is 0 Å². The van der Waals surface area contributed by atoms with Gasteiger partial charge in [-0.25, -0.2) is 13.1 Å². The highest BCUT2D eigenvalue weighted by Gasteiger charge is 2.17. The SMILES string of the molecule is CCNS(=O)(=O)c1ccc(C)c(C(=O)NCCC(=O)N[C@@H](C)CC)c1. The molecule has 2 amide bonds. The normalized spacial score (nSPS) is 12.5. The number of amides is 2. The highest BCUT2D eigenvalue weighted by molar-refractivity contribution is 7.89. The Morgan fingerprint density at radius 2 is 1.88 bits per heavy atom. The van der Waals surface area contributed by atoms with Crippen molar-refractivity contribution in [3.8, 4) is 0 Å². The van der Waals surface area contributed by atoms with Gasteiger partial charge in [0.05, 0.1) is 4.90 Å². The van der Waals surface area contributed by atoms with Gasteiger partial charge >= 0.3 is 0 Å². The van der Waals surface area contributed by atoms with Crippen molar-refractivity contribution in [3.05, 3.63) is 29.3 Å². The van der Waals surface area contributed by atoms with Crippen molar-refractivity contribution >= 4 is 21.8 Å². The molecule has 0 aromatic heterocycles. The van der Waals surface area contributed by atoms with Crippen LogP contribution in [0.1, 0.15) is 49.5 Å².